The third-order valence-electron chi connectivity index (χ3n) is 4.42. The maximum Gasteiger partial charge on any atom is 0.469 e. The molecule has 0 aliphatic carbocycles. The van der Waals surface area contributed by atoms with Gasteiger partial charge in [-0.15, -0.1) is 0 Å². The molecule has 1 aromatic heterocycles. The third-order valence-corrected chi connectivity index (χ3v) is 4.91. The molecule has 180 valence electrons. The van der Waals surface area contributed by atoms with Crippen molar-refractivity contribution in [3.63, 3.8) is 0 Å². The number of aromatic carboxylic acids is 2. The second-order valence-corrected chi connectivity index (χ2v) is 8.13. The van der Waals surface area contributed by atoms with E-state index in [0.717, 1.165) is 10.6 Å². The number of ether oxygens (including phenoxy) is 1. The van der Waals surface area contributed by atoms with Gasteiger partial charge < -0.3 is 29.8 Å². The van der Waals surface area contributed by atoms with E-state index in [1.807, 2.05) is 0 Å². The number of rotatable bonds is 6. The zero-order valence-corrected chi connectivity index (χ0v) is 17.9. The summed E-state index contributed by atoms with van der Waals surface area (Å²) in [4.78, 5) is 63.1. The number of carboxylic acids is 2. The fraction of sp³-hybridized carbons (Fsp3) is 0.333. The molecule has 0 amide bonds. The molecule has 3 atom stereocenters. The zero-order chi connectivity index (χ0) is 24.9. The van der Waals surface area contributed by atoms with Crippen LogP contribution >= 0.6 is 7.82 Å². The molecule has 1 aromatic carbocycles. The van der Waals surface area contributed by atoms with Gasteiger partial charge in [-0.05, 0) is 25.1 Å². The van der Waals surface area contributed by atoms with Gasteiger partial charge in [-0.1, -0.05) is 6.07 Å². The van der Waals surface area contributed by atoms with E-state index in [9.17, 15) is 28.8 Å². The van der Waals surface area contributed by atoms with Gasteiger partial charge in [0.1, 0.15) is 12.3 Å². The number of aromatic amines is 1. The molecule has 2 aromatic rings. The highest BCUT2D eigenvalue weighted by molar-refractivity contribution is 7.46. The van der Waals surface area contributed by atoms with Crippen molar-refractivity contribution in [1.82, 2.24) is 9.55 Å². The van der Waals surface area contributed by atoms with E-state index in [1.54, 1.807) is 0 Å². The number of nitrogens with zero attached hydrogens (tertiary/aromatic N) is 1. The first-order valence-electron chi connectivity index (χ1n) is 9.21. The lowest BCUT2D eigenvalue weighted by molar-refractivity contribution is -0.0451. The van der Waals surface area contributed by atoms with Crippen molar-refractivity contribution < 1.29 is 48.5 Å². The number of hydrogen-bond acceptors (Lipinski definition) is 8. The highest BCUT2D eigenvalue weighted by Gasteiger charge is 2.37. The Hall–Kier alpha value is -3.13. The molecular formula is C18H21N2O12P. The number of carbonyl (C=O) groups is 2. The summed E-state index contributed by atoms with van der Waals surface area (Å²) in [7, 11) is -4.67. The molecule has 0 bridgehead atoms. The molecule has 2 heterocycles. The minimum Gasteiger partial charge on any atom is -0.478 e. The fourth-order valence-electron chi connectivity index (χ4n) is 2.79. The van der Waals surface area contributed by atoms with Crippen LogP contribution in [0.25, 0.3) is 0 Å². The molecule has 0 radical (unpaired) electrons. The van der Waals surface area contributed by atoms with E-state index in [2.05, 4.69) is 9.51 Å². The van der Waals surface area contributed by atoms with Crippen LogP contribution in [0.2, 0.25) is 0 Å². The Labute approximate surface area is 184 Å². The van der Waals surface area contributed by atoms with Crippen LogP contribution in [0.4, 0.5) is 0 Å². The minimum absolute atomic E-state index is 0.0186. The van der Waals surface area contributed by atoms with Crippen LogP contribution in [0.3, 0.4) is 0 Å². The van der Waals surface area contributed by atoms with Gasteiger partial charge in [0.05, 0.1) is 23.8 Å². The van der Waals surface area contributed by atoms with E-state index < -0.39 is 56.1 Å². The molecule has 1 fully saturated rings. The summed E-state index contributed by atoms with van der Waals surface area (Å²) >= 11 is 0. The molecule has 6 N–H and O–H groups in total. The monoisotopic (exact) mass is 488 g/mol. The largest absolute Gasteiger partial charge is 0.478 e. The summed E-state index contributed by atoms with van der Waals surface area (Å²) in [5.74, 6) is -2.25. The minimum atomic E-state index is -4.67. The number of benzene rings is 1. The Morgan fingerprint density at radius 2 is 1.79 bits per heavy atom. The lowest BCUT2D eigenvalue weighted by atomic mass is 10.1. The Morgan fingerprint density at radius 3 is 2.30 bits per heavy atom. The van der Waals surface area contributed by atoms with E-state index in [0.29, 0.717) is 5.56 Å². The molecule has 0 unspecified atom stereocenters. The average molecular weight is 488 g/mol. The van der Waals surface area contributed by atoms with Gasteiger partial charge >= 0.3 is 25.5 Å². The second-order valence-electron chi connectivity index (χ2n) is 6.89. The van der Waals surface area contributed by atoms with Crippen LogP contribution in [-0.4, -0.2) is 65.4 Å². The van der Waals surface area contributed by atoms with Crippen molar-refractivity contribution in [2.75, 3.05) is 6.61 Å². The second kappa shape index (κ2) is 10.7. The molecule has 14 nitrogen and oxygen atoms in total. The van der Waals surface area contributed by atoms with Crippen molar-refractivity contribution in [3.05, 3.63) is 68.0 Å². The van der Waals surface area contributed by atoms with Crippen molar-refractivity contribution in [2.24, 2.45) is 0 Å². The number of hydrogen-bond donors (Lipinski definition) is 6. The Kier molecular flexibility index (Phi) is 8.44. The molecule has 1 saturated heterocycles. The van der Waals surface area contributed by atoms with E-state index in [-0.39, 0.29) is 17.5 Å². The van der Waals surface area contributed by atoms with Crippen LogP contribution in [0.1, 0.15) is 38.9 Å². The Balaban J connectivity index is 0.000000273. The first-order valence-corrected chi connectivity index (χ1v) is 10.7. The molecule has 1 aliphatic rings. The van der Waals surface area contributed by atoms with Crippen molar-refractivity contribution in [1.29, 1.82) is 0 Å². The quantitative estimate of drug-likeness (QED) is 0.288. The predicted molar refractivity (Wildman–Crippen MR) is 109 cm³/mol. The van der Waals surface area contributed by atoms with Crippen LogP contribution < -0.4 is 11.2 Å². The summed E-state index contributed by atoms with van der Waals surface area (Å²) in [6.45, 7) is 0.994. The summed E-state index contributed by atoms with van der Waals surface area (Å²) in [5, 5.41) is 26.8. The number of H-pyrrole nitrogens is 1. The highest BCUT2D eigenvalue weighted by Crippen LogP contribution is 2.38. The number of phosphoric acid groups is 1. The van der Waals surface area contributed by atoms with Gasteiger partial charge in [-0.2, -0.15) is 0 Å². The number of aryl methyl sites for hydroxylation is 1. The van der Waals surface area contributed by atoms with Gasteiger partial charge in [-0.3, -0.25) is 18.9 Å². The predicted octanol–water partition coefficient (Wildman–Crippen LogP) is -0.314. The van der Waals surface area contributed by atoms with Crippen LogP contribution in [-0.2, 0) is 13.8 Å². The maximum atomic E-state index is 11.7. The van der Waals surface area contributed by atoms with Crippen molar-refractivity contribution in [3.8, 4) is 0 Å². The molecule has 15 heteroatoms. The maximum absolute atomic E-state index is 11.7. The number of carboxylic acid groups (broad SMARTS) is 2. The molecule has 1 aliphatic heterocycles. The SMILES string of the molecule is Cc1cn([C@H]2C[C@H](O)[C@@H](COP(=O)(O)O)O2)c(=O)[nH]c1=O.O=C(O)c1cccc(C(=O)O)c1. The normalized spacial score (nSPS) is 20.1. The third kappa shape index (κ3) is 7.46. The van der Waals surface area contributed by atoms with Crippen LogP contribution in [0.15, 0.2) is 40.1 Å². The van der Waals surface area contributed by atoms with E-state index in [4.69, 9.17) is 24.7 Å². The molecular weight excluding hydrogens is 467 g/mol. The average Bonchev–Trinajstić information content (AvgIpc) is 3.09. The van der Waals surface area contributed by atoms with Gasteiger partial charge in [0.2, 0.25) is 0 Å². The first-order chi connectivity index (χ1) is 15.3. The Bertz CT molecular complexity index is 1150. The van der Waals surface area contributed by atoms with Crippen molar-refractivity contribution in [2.45, 2.75) is 31.8 Å². The van der Waals surface area contributed by atoms with Crippen LogP contribution in [0.5, 0.6) is 0 Å². The number of nitrogens with one attached hydrogen (secondary N) is 1. The first kappa shape index (κ1) is 26.1. The summed E-state index contributed by atoms with van der Waals surface area (Å²) in [5.41, 5.74) is -0.956. The standard InChI is InChI=1S/C10H15N2O8P.C8H6O4/c1-5-3-12(10(15)11-9(5)14)8-2-6(13)7(20-8)4-19-21(16,17)18;9-7(10)5-2-1-3-6(4-5)8(11)12/h3,6-8,13H,2,4H2,1H3,(H,11,14,15)(H2,16,17,18);1-4H,(H,9,10)(H,11,12)/t6-,7+,8+;/m0./s1. The molecule has 0 saturated carbocycles. The number of aromatic nitrogens is 2. The zero-order valence-electron chi connectivity index (χ0n) is 17.0. The lowest BCUT2D eigenvalue weighted by Crippen LogP contribution is -2.33. The number of aliphatic hydroxyl groups is 1. The topological polar surface area (TPSA) is 226 Å². The fourth-order valence-corrected chi connectivity index (χ4v) is 3.13. The van der Waals surface area contributed by atoms with E-state index in [1.165, 1.54) is 31.3 Å². The smallest absolute Gasteiger partial charge is 0.469 e. The van der Waals surface area contributed by atoms with Crippen LogP contribution in [0, 0.1) is 6.92 Å². The molecule has 0 spiro atoms. The summed E-state index contributed by atoms with van der Waals surface area (Å²) in [6.07, 6.45) is -1.57. The van der Waals surface area contributed by atoms with Gasteiger partial charge in [-0.25, -0.2) is 18.9 Å². The lowest BCUT2D eigenvalue weighted by Gasteiger charge is -2.16. The Morgan fingerprint density at radius 1 is 1.21 bits per heavy atom. The van der Waals surface area contributed by atoms with E-state index >= 15 is 0 Å². The molecule has 3 rings (SSSR count). The molecule has 33 heavy (non-hydrogen) atoms. The number of phosphoric ester groups is 1. The van der Waals surface area contributed by atoms with Gasteiger partial charge in [0, 0.05) is 18.2 Å². The summed E-state index contributed by atoms with van der Waals surface area (Å²) < 4.78 is 21.4. The van der Waals surface area contributed by atoms with Gasteiger partial charge in [0.15, 0.2) is 0 Å². The van der Waals surface area contributed by atoms with Gasteiger partial charge in [0.25, 0.3) is 5.56 Å². The number of aliphatic hydroxyl groups excluding tert-OH is 1. The van der Waals surface area contributed by atoms with Crippen molar-refractivity contribution >= 4 is 19.8 Å². The highest BCUT2D eigenvalue weighted by atomic mass is 31.2. The summed E-state index contributed by atoms with van der Waals surface area (Å²) in [6, 6.07) is 5.20.